The van der Waals surface area contributed by atoms with Crippen molar-refractivity contribution in [1.82, 2.24) is 10.2 Å². The molecule has 3 N–H and O–H groups in total. The maximum absolute atomic E-state index is 13.7. The molecule has 1 unspecified atom stereocenters. The van der Waals surface area contributed by atoms with Gasteiger partial charge in [-0.2, -0.15) is 5.26 Å². The predicted molar refractivity (Wildman–Crippen MR) is 154 cm³/mol. The van der Waals surface area contributed by atoms with Gasteiger partial charge in [0.05, 0.1) is 23.3 Å². The molecule has 0 saturated heterocycles. The SMILES string of the molecule is Cc1cccc(C2C(C#N)=C(N)N(c3nnc(SCC(=O)Nc4ccccc4)s3)C3=C2C(=O)CC(C)(C)C3)c1. The Balaban J connectivity index is 1.48. The number of nitrogens with two attached hydrogens (primary N) is 1. The average molecular weight is 557 g/mol. The monoisotopic (exact) mass is 556 g/mol. The van der Waals surface area contributed by atoms with Crippen molar-refractivity contribution in [2.45, 2.75) is 43.9 Å². The summed E-state index contributed by atoms with van der Waals surface area (Å²) in [5.41, 5.74) is 10.7. The number of nitriles is 1. The van der Waals surface area contributed by atoms with Gasteiger partial charge < -0.3 is 11.1 Å². The minimum Gasteiger partial charge on any atom is -0.384 e. The number of aromatic nitrogens is 2. The number of nitrogens with one attached hydrogen (secondary N) is 1. The van der Waals surface area contributed by atoms with Crippen LogP contribution in [0.4, 0.5) is 10.8 Å². The molecular formula is C29H28N6O2S2. The van der Waals surface area contributed by atoms with Crippen molar-refractivity contribution in [3.63, 3.8) is 0 Å². The zero-order valence-electron chi connectivity index (χ0n) is 21.9. The van der Waals surface area contributed by atoms with Crippen LogP contribution < -0.4 is 16.0 Å². The van der Waals surface area contributed by atoms with Crippen molar-refractivity contribution in [1.29, 1.82) is 5.26 Å². The van der Waals surface area contributed by atoms with E-state index in [1.54, 1.807) is 4.90 Å². The fraction of sp³-hybridized carbons (Fsp3) is 0.276. The van der Waals surface area contributed by atoms with E-state index in [4.69, 9.17) is 5.73 Å². The van der Waals surface area contributed by atoms with Crippen LogP contribution in [0.5, 0.6) is 0 Å². The number of amides is 1. The largest absolute Gasteiger partial charge is 0.384 e. The van der Waals surface area contributed by atoms with E-state index in [9.17, 15) is 14.9 Å². The Morgan fingerprint density at radius 2 is 1.97 bits per heavy atom. The van der Waals surface area contributed by atoms with Gasteiger partial charge in [0.2, 0.25) is 11.0 Å². The van der Waals surface area contributed by atoms with Crippen LogP contribution in [-0.4, -0.2) is 27.6 Å². The minimum absolute atomic E-state index is 0.00898. The molecule has 1 aromatic heterocycles. The maximum atomic E-state index is 13.7. The van der Waals surface area contributed by atoms with Gasteiger partial charge in [0.15, 0.2) is 10.1 Å². The molecule has 3 aromatic rings. The fourth-order valence-electron chi connectivity index (χ4n) is 5.11. The molecule has 39 heavy (non-hydrogen) atoms. The van der Waals surface area contributed by atoms with E-state index in [2.05, 4.69) is 35.4 Å². The zero-order chi connectivity index (χ0) is 27.7. The van der Waals surface area contributed by atoms with E-state index in [-0.39, 0.29) is 28.7 Å². The van der Waals surface area contributed by atoms with E-state index >= 15 is 0 Å². The quantitative estimate of drug-likeness (QED) is 0.380. The number of para-hydroxylation sites is 1. The number of benzene rings is 2. The van der Waals surface area contributed by atoms with Crippen molar-refractivity contribution >= 4 is 45.6 Å². The van der Waals surface area contributed by atoms with Crippen molar-refractivity contribution in [2.24, 2.45) is 11.1 Å². The number of thioether (sulfide) groups is 1. The molecule has 1 aliphatic heterocycles. The number of carbonyl (C=O) groups is 2. The molecule has 0 radical (unpaired) electrons. The highest BCUT2D eigenvalue weighted by molar-refractivity contribution is 8.01. The van der Waals surface area contributed by atoms with Crippen LogP contribution >= 0.6 is 23.1 Å². The first-order valence-electron chi connectivity index (χ1n) is 12.5. The van der Waals surface area contributed by atoms with Gasteiger partial charge in [-0.25, -0.2) is 0 Å². The topological polar surface area (TPSA) is 125 Å². The average Bonchev–Trinajstić information content (AvgIpc) is 3.35. The van der Waals surface area contributed by atoms with Gasteiger partial charge in [-0.1, -0.05) is 85.0 Å². The molecule has 5 rings (SSSR count). The standard InChI is InChI=1S/C29H28N6O2S2/c1-17-8-7-9-18(12-17)24-20(15-30)26(31)35(21-13-29(2,3)14-22(36)25(21)24)27-33-34-28(39-27)38-16-23(37)32-19-10-5-4-6-11-19/h4-12,24H,13-14,16,31H2,1-3H3,(H,32,37). The summed E-state index contributed by atoms with van der Waals surface area (Å²) in [6.07, 6.45) is 0.978. The Kier molecular flexibility index (Phi) is 7.30. The lowest BCUT2D eigenvalue weighted by Crippen LogP contribution is -2.42. The Morgan fingerprint density at radius 3 is 2.69 bits per heavy atom. The Bertz CT molecular complexity index is 1550. The van der Waals surface area contributed by atoms with E-state index in [0.717, 1.165) is 22.5 Å². The highest BCUT2D eigenvalue weighted by atomic mass is 32.2. The van der Waals surface area contributed by atoms with E-state index in [0.29, 0.717) is 33.5 Å². The van der Waals surface area contributed by atoms with Crippen LogP contribution in [-0.2, 0) is 9.59 Å². The van der Waals surface area contributed by atoms with E-state index in [1.165, 1.54) is 23.1 Å². The third-order valence-corrected chi connectivity index (χ3v) is 8.77. The normalized spacial score (nSPS) is 18.6. The van der Waals surface area contributed by atoms with E-state index < -0.39 is 5.92 Å². The van der Waals surface area contributed by atoms with Gasteiger partial charge >= 0.3 is 0 Å². The first-order chi connectivity index (χ1) is 18.7. The Hall–Kier alpha value is -3.94. The summed E-state index contributed by atoms with van der Waals surface area (Å²) in [6, 6.07) is 19.4. The summed E-state index contributed by atoms with van der Waals surface area (Å²) in [5.74, 6) is -0.268. The molecule has 10 heteroatoms. The maximum Gasteiger partial charge on any atom is 0.234 e. The number of anilines is 2. The summed E-state index contributed by atoms with van der Waals surface area (Å²) >= 11 is 2.55. The highest BCUT2D eigenvalue weighted by Crippen LogP contribution is 2.50. The second-order valence-corrected chi connectivity index (χ2v) is 12.6. The summed E-state index contributed by atoms with van der Waals surface area (Å²) < 4.78 is 0.587. The number of nitrogens with zero attached hydrogens (tertiary/aromatic N) is 4. The lowest BCUT2D eigenvalue weighted by Gasteiger charge is -2.42. The first kappa shape index (κ1) is 26.7. The highest BCUT2D eigenvalue weighted by Gasteiger charge is 2.45. The first-order valence-corrected chi connectivity index (χ1v) is 14.3. The van der Waals surface area contributed by atoms with Gasteiger partial charge in [0.1, 0.15) is 5.82 Å². The Labute approximate surface area is 235 Å². The van der Waals surface area contributed by atoms with Crippen molar-refractivity contribution in [3.05, 3.63) is 88.4 Å². The molecule has 0 fully saturated rings. The van der Waals surface area contributed by atoms with Gasteiger partial charge in [-0.3, -0.25) is 14.5 Å². The number of Topliss-reactive ketones (excluding diaryl/α,β-unsaturated/α-hetero) is 1. The Morgan fingerprint density at radius 1 is 1.21 bits per heavy atom. The zero-order valence-corrected chi connectivity index (χ0v) is 23.5. The van der Waals surface area contributed by atoms with Crippen molar-refractivity contribution < 1.29 is 9.59 Å². The molecule has 2 aromatic carbocycles. The summed E-state index contributed by atoms with van der Waals surface area (Å²) in [6.45, 7) is 6.10. The lowest BCUT2D eigenvalue weighted by molar-refractivity contribution is -0.118. The van der Waals surface area contributed by atoms with Gasteiger partial charge in [0, 0.05) is 23.4 Å². The van der Waals surface area contributed by atoms with Crippen molar-refractivity contribution in [3.8, 4) is 6.07 Å². The third kappa shape index (κ3) is 5.46. The number of hydrogen-bond acceptors (Lipinski definition) is 9. The second-order valence-electron chi connectivity index (χ2n) is 10.4. The molecule has 2 aliphatic rings. The summed E-state index contributed by atoms with van der Waals surface area (Å²) in [4.78, 5) is 27.8. The number of hydrogen-bond donors (Lipinski definition) is 2. The molecule has 0 spiro atoms. The van der Waals surface area contributed by atoms with Crippen LogP contribution in [0.3, 0.4) is 0 Å². The molecule has 198 valence electrons. The molecule has 0 saturated carbocycles. The molecule has 2 heterocycles. The van der Waals surface area contributed by atoms with Crippen LogP contribution in [0.15, 0.2) is 81.6 Å². The van der Waals surface area contributed by atoms with Crippen LogP contribution in [0.2, 0.25) is 0 Å². The number of rotatable bonds is 6. The van der Waals surface area contributed by atoms with Crippen LogP contribution in [0.25, 0.3) is 0 Å². The van der Waals surface area contributed by atoms with Gasteiger partial charge in [0.25, 0.3) is 0 Å². The number of aryl methyl sites for hydroxylation is 1. The lowest BCUT2D eigenvalue weighted by atomic mass is 9.68. The molecule has 8 nitrogen and oxygen atoms in total. The van der Waals surface area contributed by atoms with Gasteiger partial charge in [-0.05, 0) is 36.5 Å². The molecule has 1 amide bonds. The van der Waals surface area contributed by atoms with Crippen LogP contribution in [0, 0.1) is 23.7 Å². The fourth-order valence-corrected chi connectivity index (χ4v) is 6.79. The van der Waals surface area contributed by atoms with Crippen molar-refractivity contribution in [2.75, 3.05) is 16.0 Å². The smallest absolute Gasteiger partial charge is 0.234 e. The number of ketones is 1. The summed E-state index contributed by atoms with van der Waals surface area (Å²) in [5, 5.41) is 22.2. The van der Waals surface area contributed by atoms with E-state index in [1.807, 2.05) is 61.5 Å². The predicted octanol–water partition coefficient (Wildman–Crippen LogP) is 5.52. The molecule has 0 bridgehead atoms. The number of allylic oxidation sites excluding steroid dienone is 3. The number of carbonyl (C=O) groups excluding carboxylic acids is 2. The third-order valence-electron chi connectivity index (χ3n) is 6.73. The van der Waals surface area contributed by atoms with Crippen LogP contribution in [0.1, 0.15) is 43.7 Å². The molecule has 1 atom stereocenters. The minimum atomic E-state index is -0.534. The molecule has 1 aliphatic carbocycles. The molecular weight excluding hydrogens is 528 g/mol. The van der Waals surface area contributed by atoms with Gasteiger partial charge in [-0.15, -0.1) is 10.2 Å². The summed E-state index contributed by atoms with van der Waals surface area (Å²) in [7, 11) is 0. The second kappa shape index (κ2) is 10.7.